The van der Waals surface area contributed by atoms with Crippen LogP contribution >= 0.6 is 0 Å². The fraction of sp³-hybridized carbons (Fsp3) is 0.867. The van der Waals surface area contributed by atoms with Crippen molar-refractivity contribution in [3.8, 4) is 0 Å². The molecule has 0 aliphatic carbocycles. The van der Waals surface area contributed by atoms with Gasteiger partial charge in [-0.3, -0.25) is 4.79 Å². The fourth-order valence-electron chi connectivity index (χ4n) is 2.00. The Hall–Kier alpha value is -1.26. The minimum Gasteiger partial charge on any atom is -0.453 e. The Kier molecular flexibility index (Phi) is 8.26. The standard InChI is InChI=1S/C15H30N2O3/c1-9(2)8-12(10(3)4)16-14(18)13(11(5)6)17-15(19)20-7/h9-13H,8H2,1-7H3,(H,16,18)(H,17,19)/t12-,13?/m0/s1. The topological polar surface area (TPSA) is 67.4 Å². The molecule has 0 spiro atoms. The van der Waals surface area contributed by atoms with Gasteiger partial charge in [0.25, 0.3) is 0 Å². The number of hydrogen-bond acceptors (Lipinski definition) is 3. The minimum atomic E-state index is -0.580. The molecule has 118 valence electrons. The number of nitrogens with one attached hydrogen (secondary N) is 2. The van der Waals surface area contributed by atoms with E-state index in [1.807, 2.05) is 13.8 Å². The molecular weight excluding hydrogens is 256 g/mol. The van der Waals surface area contributed by atoms with Gasteiger partial charge in [0.1, 0.15) is 6.04 Å². The van der Waals surface area contributed by atoms with Crippen LogP contribution in [0.4, 0.5) is 4.79 Å². The van der Waals surface area contributed by atoms with Crippen molar-refractivity contribution < 1.29 is 14.3 Å². The zero-order valence-electron chi connectivity index (χ0n) is 13.8. The first-order chi connectivity index (χ1) is 9.18. The van der Waals surface area contributed by atoms with Crippen molar-refractivity contribution in [2.24, 2.45) is 17.8 Å². The highest BCUT2D eigenvalue weighted by atomic mass is 16.5. The second-order valence-electron chi connectivity index (χ2n) is 6.35. The molecule has 0 heterocycles. The van der Waals surface area contributed by atoms with E-state index in [-0.39, 0.29) is 17.9 Å². The first-order valence-corrected chi connectivity index (χ1v) is 7.33. The van der Waals surface area contributed by atoms with Crippen LogP contribution in [0.3, 0.4) is 0 Å². The molecule has 20 heavy (non-hydrogen) atoms. The summed E-state index contributed by atoms with van der Waals surface area (Å²) < 4.78 is 4.57. The van der Waals surface area contributed by atoms with E-state index in [2.05, 4.69) is 43.1 Å². The lowest BCUT2D eigenvalue weighted by molar-refractivity contribution is -0.125. The van der Waals surface area contributed by atoms with Crippen LogP contribution < -0.4 is 10.6 Å². The normalized spacial score (nSPS) is 14.3. The molecule has 0 fully saturated rings. The molecule has 2 amide bonds. The Labute approximate surface area is 122 Å². The van der Waals surface area contributed by atoms with Crippen LogP contribution in [0, 0.1) is 17.8 Å². The third-order valence-corrected chi connectivity index (χ3v) is 3.27. The molecule has 5 nitrogen and oxygen atoms in total. The summed E-state index contributed by atoms with van der Waals surface area (Å²) in [6.45, 7) is 12.2. The van der Waals surface area contributed by atoms with Gasteiger partial charge >= 0.3 is 6.09 Å². The Morgan fingerprint density at radius 3 is 1.85 bits per heavy atom. The molecule has 2 atom stereocenters. The zero-order chi connectivity index (χ0) is 15.9. The Morgan fingerprint density at radius 2 is 1.50 bits per heavy atom. The fourth-order valence-corrected chi connectivity index (χ4v) is 2.00. The van der Waals surface area contributed by atoms with Gasteiger partial charge in [0, 0.05) is 6.04 Å². The van der Waals surface area contributed by atoms with Crippen LogP contribution in [0.25, 0.3) is 0 Å². The highest BCUT2D eigenvalue weighted by molar-refractivity contribution is 5.86. The molecule has 0 aromatic rings. The first kappa shape index (κ1) is 18.7. The molecular formula is C15H30N2O3. The molecule has 0 bridgehead atoms. The summed E-state index contributed by atoms with van der Waals surface area (Å²) in [7, 11) is 1.29. The van der Waals surface area contributed by atoms with E-state index in [0.29, 0.717) is 11.8 Å². The van der Waals surface area contributed by atoms with Crippen LogP contribution in [-0.2, 0) is 9.53 Å². The van der Waals surface area contributed by atoms with Crippen LogP contribution in [0.5, 0.6) is 0 Å². The smallest absolute Gasteiger partial charge is 0.407 e. The van der Waals surface area contributed by atoms with Gasteiger partial charge in [-0.2, -0.15) is 0 Å². The average Bonchev–Trinajstić information content (AvgIpc) is 2.33. The van der Waals surface area contributed by atoms with E-state index in [0.717, 1.165) is 6.42 Å². The molecule has 0 aliphatic heterocycles. The third kappa shape index (κ3) is 6.78. The van der Waals surface area contributed by atoms with E-state index >= 15 is 0 Å². The summed E-state index contributed by atoms with van der Waals surface area (Å²) in [5.74, 6) is 0.715. The molecule has 0 saturated carbocycles. The van der Waals surface area contributed by atoms with Gasteiger partial charge in [0.15, 0.2) is 0 Å². The van der Waals surface area contributed by atoms with Gasteiger partial charge in [0.2, 0.25) is 5.91 Å². The lowest BCUT2D eigenvalue weighted by atomic mass is 9.93. The summed E-state index contributed by atoms with van der Waals surface area (Å²) in [5.41, 5.74) is 0. The highest BCUT2D eigenvalue weighted by Crippen LogP contribution is 2.13. The minimum absolute atomic E-state index is 0.000891. The maximum Gasteiger partial charge on any atom is 0.407 e. The monoisotopic (exact) mass is 286 g/mol. The van der Waals surface area contributed by atoms with Crippen LogP contribution in [0.15, 0.2) is 0 Å². The first-order valence-electron chi connectivity index (χ1n) is 7.33. The van der Waals surface area contributed by atoms with Crippen molar-refractivity contribution in [1.82, 2.24) is 10.6 Å². The van der Waals surface area contributed by atoms with E-state index < -0.39 is 12.1 Å². The largest absolute Gasteiger partial charge is 0.453 e. The number of hydrogen-bond donors (Lipinski definition) is 2. The second kappa shape index (κ2) is 8.82. The number of methoxy groups -OCH3 is 1. The SMILES string of the molecule is COC(=O)NC(C(=O)N[C@@H](CC(C)C)C(C)C)C(C)C. The summed E-state index contributed by atoms with van der Waals surface area (Å²) in [6, 6.07) is -0.459. The molecule has 2 N–H and O–H groups in total. The maximum atomic E-state index is 12.4. The van der Waals surface area contributed by atoms with Crippen molar-refractivity contribution in [2.75, 3.05) is 7.11 Å². The number of rotatable bonds is 7. The highest BCUT2D eigenvalue weighted by Gasteiger charge is 2.27. The maximum absolute atomic E-state index is 12.4. The van der Waals surface area contributed by atoms with Gasteiger partial charge in [-0.05, 0) is 24.2 Å². The molecule has 5 heteroatoms. The summed E-state index contributed by atoms with van der Waals surface area (Å²) in [4.78, 5) is 23.7. The number of carbonyl (C=O) groups is 2. The molecule has 0 aliphatic rings. The van der Waals surface area contributed by atoms with Crippen molar-refractivity contribution in [3.63, 3.8) is 0 Å². The summed E-state index contributed by atoms with van der Waals surface area (Å²) in [5, 5.41) is 5.64. The van der Waals surface area contributed by atoms with Crippen LogP contribution in [-0.4, -0.2) is 31.2 Å². The van der Waals surface area contributed by atoms with E-state index in [4.69, 9.17) is 0 Å². The lowest BCUT2D eigenvalue weighted by Crippen LogP contribution is -2.53. The average molecular weight is 286 g/mol. The molecule has 1 unspecified atom stereocenters. The molecule has 0 saturated heterocycles. The summed E-state index contributed by atoms with van der Waals surface area (Å²) >= 11 is 0. The number of carbonyl (C=O) groups excluding carboxylic acids is 2. The van der Waals surface area contributed by atoms with Gasteiger partial charge in [-0.15, -0.1) is 0 Å². The zero-order valence-corrected chi connectivity index (χ0v) is 13.8. The van der Waals surface area contributed by atoms with E-state index in [1.165, 1.54) is 7.11 Å². The lowest BCUT2D eigenvalue weighted by Gasteiger charge is -2.28. The summed E-state index contributed by atoms with van der Waals surface area (Å²) in [6.07, 6.45) is 0.343. The Balaban J connectivity index is 4.75. The second-order valence-corrected chi connectivity index (χ2v) is 6.35. The molecule has 0 aromatic heterocycles. The molecule has 0 rings (SSSR count). The van der Waals surface area contributed by atoms with Crippen molar-refractivity contribution >= 4 is 12.0 Å². The van der Waals surface area contributed by atoms with E-state index in [9.17, 15) is 9.59 Å². The van der Waals surface area contributed by atoms with Crippen molar-refractivity contribution in [3.05, 3.63) is 0 Å². The predicted octanol–water partition coefficient (Wildman–Crippen LogP) is 2.55. The number of ether oxygens (including phenoxy) is 1. The van der Waals surface area contributed by atoms with Gasteiger partial charge in [-0.25, -0.2) is 4.79 Å². The number of alkyl carbamates (subject to hydrolysis) is 1. The number of amides is 2. The molecule has 0 radical (unpaired) electrons. The van der Waals surface area contributed by atoms with E-state index in [1.54, 1.807) is 0 Å². The van der Waals surface area contributed by atoms with Crippen LogP contribution in [0.2, 0.25) is 0 Å². The van der Waals surface area contributed by atoms with Crippen LogP contribution in [0.1, 0.15) is 48.0 Å². The Morgan fingerprint density at radius 1 is 0.950 bits per heavy atom. The van der Waals surface area contributed by atoms with Gasteiger partial charge in [0.05, 0.1) is 7.11 Å². The van der Waals surface area contributed by atoms with Crippen molar-refractivity contribution in [2.45, 2.75) is 60.0 Å². The molecule has 0 aromatic carbocycles. The van der Waals surface area contributed by atoms with Crippen molar-refractivity contribution in [1.29, 1.82) is 0 Å². The predicted molar refractivity (Wildman–Crippen MR) is 80.4 cm³/mol. The van der Waals surface area contributed by atoms with Gasteiger partial charge in [-0.1, -0.05) is 41.5 Å². The quantitative estimate of drug-likeness (QED) is 0.756. The van der Waals surface area contributed by atoms with Gasteiger partial charge < -0.3 is 15.4 Å². The third-order valence-electron chi connectivity index (χ3n) is 3.27. The Bertz CT molecular complexity index is 314.